The predicted molar refractivity (Wildman–Crippen MR) is 117 cm³/mol. The molecule has 0 saturated carbocycles. The molecule has 1 aliphatic heterocycles. The molecular formula is C21H21BrN2O3S. The number of carbonyl (C=O) groups excluding carboxylic acids is 1. The van der Waals surface area contributed by atoms with Gasteiger partial charge in [-0.25, -0.2) is 0 Å². The van der Waals surface area contributed by atoms with Gasteiger partial charge in [0.2, 0.25) is 0 Å². The Labute approximate surface area is 177 Å². The van der Waals surface area contributed by atoms with E-state index < -0.39 is 0 Å². The van der Waals surface area contributed by atoms with Crippen LogP contribution >= 0.6 is 27.7 Å². The van der Waals surface area contributed by atoms with Gasteiger partial charge in [0.1, 0.15) is 24.7 Å². The van der Waals surface area contributed by atoms with Crippen molar-refractivity contribution in [3.63, 3.8) is 0 Å². The number of hydrogen-bond donors (Lipinski definition) is 2. The molecule has 2 aromatic carbocycles. The molecule has 0 atom stereocenters. The molecule has 2 N–H and O–H groups in total. The summed E-state index contributed by atoms with van der Waals surface area (Å²) >= 11 is 4.55. The molecule has 0 bridgehead atoms. The van der Waals surface area contributed by atoms with E-state index in [-0.39, 0.29) is 11.1 Å². The van der Waals surface area contributed by atoms with E-state index in [2.05, 4.69) is 41.2 Å². The van der Waals surface area contributed by atoms with Gasteiger partial charge in [-0.1, -0.05) is 28.9 Å². The first kappa shape index (κ1) is 20.5. The number of amidine groups is 1. The van der Waals surface area contributed by atoms with E-state index in [1.54, 1.807) is 6.08 Å². The quantitative estimate of drug-likeness (QED) is 0.454. The van der Waals surface area contributed by atoms with Crippen LogP contribution in [0.4, 0.5) is 0 Å². The van der Waals surface area contributed by atoms with Crippen molar-refractivity contribution in [1.29, 1.82) is 5.41 Å². The van der Waals surface area contributed by atoms with E-state index in [4.69, 9.17) is 14.9 Å². The predicted octanol–water partition coefficient (Wildman–Crippen LogP) is 4.92. The van der Waals surface area contributed by atoms with E-state index in [9.17, 15) is 4.79 Å². The number of aryl methyl sites for hydroxylation is 2. The fraction of sp³-hybridized carbons (Fsp3) is 0.238. The second-order valence-electron chi connectivity index (χ2n) is 6.28. The van der Waals surface area contributed by atoms with Crippen molar-refractivity contribution >= 4 is 44.8 Å². The normalized spacial score (nSPS) is 15.0. The molecule has 1 amide bonds. The van der Waals surface area contributed by atoms with Gasteiger partial charge in [0.25, 0.3) is 5.91 Å². The summed E-state index contributed by atoms with van der Waals surface area (Å²) in [5.74, 6) is 1.23. The number of thioether (sulfide) groups is 1. The van der Waals surface area contributed by atoms with Crippen LogP contribution in [-0.2, 0) is 11.2 Å². The maximum atomic E-state index is 11.9. The Morgan fingerprint density at radius 1 is 1.18 bits per heavy atom. The lowest BCUT2D eigenvalue weighted by Crippen LogP contribution is -2.18. The Morgan fingerprint density at radius 3 is 2.68 bits per heavy atom. The molecule has 3 rings (SSSR count). The fourth-order valence-electron chi connectivity index (χ4n) is 2.77. The van der Waals surface area contributed by atoms with Crippen molar-refractivity contribution in [2.45, 2.75) is 20.3 Å². The van der Waals surface area contributed by atoms with Crippen LogP contribution in [0.1, 0.15) is 23.6 Å². The molecule has 0 aliphatic carbocycles. The van der Waals surface area contributed by atoms with Gasteiger partial charge in [0.05, 0.1) is 4.91 Å². The highest BCUT2D eigenvalue weighted by molar-refractivity contribution is 9.10. The smallest absolute Gasteiger partial charge is 0.264 e. The maximum absolute atomic E-state index is 11.9. The molecule has 2 aromatic rings. The van der Waals surface area contributed by atoms with Gasteiger partial charge in [-0.15, -0.1) is 0 Å². The third-order valence-corrected chi connectivity index (χ3v) is 5.37. The second-order valence-corrected chi connectivity index (χ2v) is 8.25. The van der Waals surface area contributed by atoms with Crippen molar-refractivity contribution < 1.29 is 14.3 Å². The van der Waals surface area contributed by atoms with Crippen molar-refractivity contribution in [2.24, 2.45) is 0 Å². The first-order chi connectivity index (χ1) is 13.4. The highest BCUT2D eigenvalue weighted by atomic mass is 79.9. The average Bonchev–Trinajstić information content (AvgIpc) is 2.96. The molecule has 5 nitrogen and oxygen atoms in total. The van der Waals surface area contributed by atoms with Crippen molar-refractivity contribution in [2.75, 3.05) is 13.2 Å². The molecular weight excluding hydrogens is 440 g/mol. The Morgan fingerprint density at radius 2 is 1.96 bits per heavy atom. The summed E-state index contributed by atoms with van der Waals surface area (Å²) in [6, 6.07) is 11.8. The van der Waals surface area contributed by atoms with Crippen LogP contribution in [0.2, 0.25) is 0 Å². The Balaban J connectivity index is 1.65. The third-order valence-electron chi connectivity index (χ3n) is 4.05. The molecule has 28 heavy (non-hydrogen) atoms. The molecule has 0 aromatic heterocycles. The largest absolute Gasteiger partial charge is 0.490 e. The minimum atomic E-state index is -0.268. The summed E-state index contributed by atoms with van der Waals surface area (Å²) in [4.78, 5) is 12.3. The molecule has 0 spiro atoms. The van der Waals surface area contributed by atoms with Crippen LogP contribution in [-0.4, -0.2) is 24.3 Å². The Bertz CT molecular complexity index is 943. The number of nitrogens with one attached hydrogen (secondary N) is 2. The number of halogens is 1. The minimum Gasteiger partial charge on any atom is -0.490 e. The molecule has 0 unspecified atom stereocenters. The number of ether oxygens (including phenoxy) is 2. The van der Waals surface area contributed by atoms with Crippen molar-refractivity contribution in [3.05, 3.63) is 62.5 Å². The lowest BCUT2D eigenvalue weighted by atomic mass is 10.1. The summed E-state index contributed by atoms with van der Waals surface area (Å²) in [6.45, 7) is 4.97. The van der Waals surface area contributed by atoms with Gasteiger partial charge in [0.15, 0.2) is 5.17 Å². The molecule has 1 heterocycles. The number of hydrogen-bond acceptors (Lipinski definition) is 5. The van der Waals surface area contributed by atoms with Gasteiger partial charge in [-0.05, 0) is 72.6 Å². The minimum absolute atomic E-state index is 0.131. The van der Waals surface area contributed by atoms with Gasteiger partial charge in [0, 0.05) is 10.0 Å². The van der Waals surface area contributed by atoms with E-state index in [1.165, 1.54) is 11.1 Å². The molecule has 0 radical (unpaired) electrons. The highest BCUT2D eigenvalue weighted by Crippen LogP contribution is 2.30. The number of carbonyl (C=O) groups is 1. The zero-order chi connectivity index (χ0) is 20.1. The second kappa shape index (κ2) is 9.30. The lowest BCUT2D eigenvalue weighted by molar-refractivity contribution is -0.115. The topological polar surface area (TPSA) is 71.4 Å². The summed E-state index contributed by atoms with van der Waals surface area (Å²) in [6.07, 6.45) is 2.70. The average molecular weight is 461 g/mol. The van der Waals surface area contributed by atoms with Crippen LogP contribution in [0, 0.1) is 12.3 Å². The summed E-state index contributed by atoms with van der Waals surface area (Å²) < 4.78 is 12.6. The van der Waals surface area contributed by atoms with Gasteiger partial charge in [-0.2, -0.15) is 0 Å². The number of benzene rings is 2. The van der Waals surface area contributed by atoms with E-state index in [0.717, 1.165) is 34.0 Å². The van der Waals surface area contributed by atoms with Crippen molar-refractivity contribution in [3.8, 4) is 11.5 Å². The zero-order valence-corrected chi connectivity index (χ0v) is 18.1. The Kier molecular flexibility index (Phi) is 6.80. The highest BCUT2D eigenvalue weighted by Gasteiger charge is 2.22. The van der Waals surface area contributed by atoms with Crippen molar-refractivity contribution in [1.82, 2.24) is 5.32 Å². The third kappa shape index (κ3) is 5.39. The van der Waals surface area contributed by atoms with E-state index in [0.29, 0.717) is 23.9 Å². The van der Waals surface area contributed by atoms with Crippen LogP contribution in [0.25, 0.3) is 6.08 Å². The monoisotopic (exact) mass is 460 g/mol. The molecule has 1 aliphatic rings. The number of amides is 1. The van der Waals surface area contributed by atoms with Gasteiger partial charge < -0.3 is 14.8 Å². The molecule has 146 valence electrons. The van der Waals surface area contributed by atoms with Gasteiger partial charge in [-0.3, -0.25) is 10.2 Å². The zero-order valence-electron chi connectivity index (χ0n) is 15.7. The van der Waals surface area contributed by atoms with E-state index in [1.807, 2.05) is 30.3 Å². The first-order valence-corrected chi connectivity index (χ1v) is 10.5. The molecule has 1 saturated heterocycles. The fourth-order valence-corrected chi connectivity index (χ4v) is 3.84. The first-order valence-electron chi connectivity index (χ1n) is 8.90. The lowest BCUT2D eigenvalue weighted by Gasteiger charge is -2.12. The van der Waals surface area contributed by atoms with E-state index >= 15 is 0 Å². The van der Waals surface area contributed by atoms with Crippen LogP contribution in [0.3, 0.4) is 0 Å². The Hall–Kier alpha value is -2.25. The van der Waals surface area contributed by atoms with Crippen LogP contribution in [0.15, 0.2) is 45.8 Å². The van der Waals surface area contributed by atoms with Crippen LogP contribution in [0.5, 0.6) is 11.5 Å². The maximum Gasteiger partial charge on any atom is 0.264 e. The number of rotatable bonds is 7. The van der Waals surface area contributed by atoms with Crippen LogP contribution < -0.4 is 14.8 Å². The molecule has 1 fully saturated rings. The summed E-state index contributed by atoms with van der Waals surface area (Å²) in [7, 11) is 0. The van der Waals surface area contributed by atoms with Gasteiger partial charge >= 0.3 is 0 Å². The standard InChI is InChI=1S/C21H21BrN2O3S/c1-3-14-8-13(2)9-17(10-14)26-6-7-27-18-5-4-16(22)11-15(18)12-19-20(25)24-21(23)28-19/h4-5,8-12H,3,6-7H2,1-2H3,(H2,23,24,25). The SMILES string of the molecule is CCc1cc(C)cc(OCCOc2ccc(Br)cc2C=C2SC(=N)NC2=O)c1. The molecule has 7 heteroatoms. The summed E-state index contributed by atoms with van der Waals surface area (Å²) in [5, 5.41) is 10.2. The summed E-state index contributed by atoms with van der Waals surface area (Å²) in [5.41, 5.74) is 3.19.